The van der Waals surface area contributed by atoms with Crippen LogP contribution in [0.15, 0.2) is 18.2 Å². The number of rotatable bonds is 3. The Hall–Kier alpha value is -0.860. The van der Waals surface area contributed by atoms with Crippen molar-refractivity contribution in [3.63, 3.8) is 0 Å². The average Bonchev–Trinajstić information content (AvgIpc) is 2.16. The van der Waals surface area contributed by atoms with Gasteiger partial charge in [0.05, 0.1) is 0 Å². The first-order chi connectivity index (χ1) is 6.91. The fourth-order valence-electron chi connectivity index (χ4n) is 1.21. The van der Waals surface area contributed by atoms with E-state index in [1.165, 1.54) is 6.07 Å². The van der Waals surface area contributed by atoms with Crippen LogP contribution in [0.3, 0.4) is 0 Å². The van der Waals surface area contributed by atoms with Crippen molar-refractivity contribution in [1.29, 1.82) is 0 Å². The molecule has 0 bridgehead atoms. The van der Waals surface area contributed by atoms with Crippen molar-refractivity contribution in [3.05, 3.63) is 34.9 Å². The molecule has 2 nitrogen and oxygen atoms in total. The summed E-state index contributed by atoms with van der Waals surface area (Å²) in [6, 6.07) is 4.74. The highest BCUT2D eigenvalue weighted by molar-refractivity contribution is 6.69. The molecule has 0 N–H and O–H groups in total. The quantitative estimate of drug-likeness (QED) is 0.763. The Morgan fingerprint density at radius 1 is 1.00 bits per heavy atom. The van der Waals surface area contributed by atoms with E-state index in [9.17, 15) is 9.59 Å². The lowest BCUT2D eigenvalue weighted by atomic mass is 9.98. The number of hydrogen-bond acceptors (Lipinski definition) is 2. The first kappa shape index (κ1) is 12.2. The number of benzene rings is 1. The van der Waals surface area contributed by atoms with Gasteiger partial charge in [0.15, 0.2) is 0 Å². The smallest absolute Gasteiger partial charge is 0.252 e. The minimum atomic E-state index is -0.586. The highest BCUT2D eigenvalue weighted by Gasteiger charge is 2.11. The molecule has 0 unspecified atom stereocenters. The van der Waals surface area contributed by atoms with Gasteiger partial charge in [-0.15, -0.1) is 0 Å². The van der Waals surface area contributed by atoms with E-state index < -0.39 is 10.5 Å². The fraction of sp³-hybridized carbons (Fsp3) is 0.273. The van der Waals surface area contributed by atoms with Crippen LogP contribution >= 0.6 is 23.2 Å². The van der Waals surface area contributed by atoms with Crippen LogP contribution in [0.1, 0.15) is 46.0 Å². The van der Waals surface area contributed by atoms with Crippen molar-refractivity contribution in [3.8, 4) is 0 Å². The van der Waals surface area contributed by atoms with Crippen LogP contribution in [0.25, 0.3) is 0 Å². The third-order valence-corrected chi connectivity index (χ3v) is 2.51. The van der Waals surface area contributed by atoms with Crippen molar-refractivity contribution in [2.24, 2.45) is 0 Å². The van der Waals surface area contributed by atoms with Gasteiger partial charge in [0.1, 0.15) is 0 Å². The zero-order valence-corrected chi connectivity index (χ0v) is 9.89. The Kier molecular flexibility index (Phi) is 3.89. The van der Waals surface area contributed by atoms with E-state index in [0.29, 0.717) is 11.1 Å². The van der Waals surface area contributed by atoms with Crippen LogP contribution < -0.4 is 0 Å². The molecule has 0 radical (unpaired) electrons. The maximum atomic E-state index is 11.0. The standard InChI is InChI=1S/C11H10Cl2O2/c1-6(2)7-3-8(10(12)14)5-9(4-7)11(13)15/h3-6H,1-2H3. The number of carbonyl (C=O) groups is 2. The van der Waals surface area contributed by atoms with Crippen LogP contribution in [0.5, 0.6) is 0 Å². The first-order valence-electron chi connectivity index (χ1n) is 4.46. The minimum absolute atomic E-state index is 0.204. The van der Waals surface area contributed by atoms with Gasteiger partial charge in [0.25, 0.3) is 10.5 Å². The molecule has 0 fully saturated rings. The molecule has 80 valence electrons. The van der Waals surface area contributed by atoms with E-state index in [4.69, 9.17) is 23.2 Å². The fourth-order valence-corrected chi connectivity index (χ4v) is 1.43. The molecule has 4 heteroatoms. The Morgan fingerprint density at radius 3 is 1.67 bits per heavy atom. The van der Waals surface area contributed by atoms with Gasteiger partial charge in [-0.05, 0) is 52.9 Å². The second-order valence-corrected chi connectivity index (χ2v) is 4.23. The monoisotopic (exact) mass is 244 g/mol. The molecule has 0 saturated heterocycles. The molecule has 15 heavy (non-hydrogen) atoms. The molecule has 0 aliphatic carbocycles. The van der Waals surface area contributed by atoms with E-state index in [-0.39, 0.29) is 5.92 Å². The number of carbonyl (C=O) groups excluding carboxylic acids is 2. The Balaban J connectivity index is 3.32. The first-order valence-corrected chi connectivity index (χ1v) is 5.22. The lowest BCUT2D eigenvalue weighted by molar-refractivity contribution is 0.108. The topological polar surface area (TPSA) is 34.1 Å². The van der Waals surface area contributed by atoms with Crippen molar-refractivity contribution >= 4 is 33.7 Å². The summed E-state index contributed by atoms with van der Waals surface area (Å²) in [7, 11) is 0. The molecule has 0 amide bonds. The molecule has 1 aromatic carbocycles. The van der Waals surface area contributed by atoms with Gasteiger partial charge in [-0.2, -0.15) is 0 Å². The van der Waals surface area contributed by atoms with Crippen LogP contribution in [-0.4, -0.2) is 10.5 Å². The van der Waals surface area contributed by atoms with E-state index in [1.54, 1.807) is 12.1 Å². The van der Waals surface area contributed by atoms with Crippen LogP contribution in [0.2, 0.25) is 0 Å². The maximum Gasteiger partial charge on any atom is 0.252 e. The van der Waals surface area contributed by atoms with Gasteiger partial charge >= 0.3 is 0 Å². The Morgan fingerprint density at radius 2 is 1.40 bits per heavy atom. The lowest BCUT2D eigenvalue weighted by Crippen LogP contribution is -1.99. The molecule has 0 aliphatic heterocycles. The Bertz CT molecular complexity index is 379. The zero-order valence-electron chi connectivity index (χ0n) is 8.38. The minimum Gasteiger partial charge on any atom is -0.276 e. The molecule has 0 spiro atoms. The molecular weight excluding hydrogens is 235 g/mol. The molecule has 0 aliphatic rings. The molecule has 0 saturated carbocycles. The molecule has 0 heterocycles. The maximum absolute atomic E-state index is 11.0. The SMILES string of the molecule is CC(C)c1cc(C(=O)Cl)cc(C(=O)Cl)c1. The summed E-state index contributed by atoms with van der Waals surface area (Å²) in [5, 5.41) is -1.17. The normalized spacial score (nSPS) is 10.5. The zero-order chi connectivity index (χ0) is 11.6. The van der Waals surface area contributed by atoms with Crippen molar-refractivity contribution in [2.45, 2.75) is 19.8 Å². The summed E-state index contributed by atoms with van der Waals surface area (Å²) in [5.41, 5.74) is 1.46. The van der Waals surface area contributed by atoms with Gasteiger partial charge in [0, 0.05) is 11.1 Å². The summed E-state index contributed by atoms with van der Waals surface area (Å²) in [4.78, 5) is 22.0. The summed E-state index contributed by atoms with van der Waals surface area (Å²) < 4.78 is 0. The van der Waals surface area contributed by atoms with Gasteiger partial charge in [0.2, 0.25) is 0 Å². The van der Waals surface area contributed by atoms with Crippen molar-refractivity contribution in [1.82, 2.24) is 0 Å². The summed E-state index contributed by atoms with van der Waals surface area (Å²) in [5.74, 6) is 0.204. The predicted molar refractivity (Wildman–Crippen MR) is 60.9 cm³/mol. The van der Waals surface area contributed by atoms with Crippen molar-refractivity contribution < 1.29 is 9.59 Å². The van der Waals surface area contributed by atoms with Gasteiger partial charge in [-0.25, -0.2) is 0 Å². The predicted octanol–water partition coefficient (Wildman–Crippen LogP) is 3.57. The summed E-state index contributed by atoms with van der Waals surface area (Å²) in [6.45, 7) is 3.92. The second kappa shape index (κ2) is 4.77. The van der Waals surface area contributed by atoms with Gasteiger partial charge in [-0.3, -0.25) is 9.59 Å². The molecule has 1 rings (SSSR count). The van der Waals surface area contributed by atoms with E-state index in [2.05, 4.69) is 0 Å². The molecular formula is C11H10Cl2O2. The third-order valence-electron chi connectivity index (χ3n) is 2.08. The van der Waals surface area contributed by atoms with E-state index in [0.717, 1.165) is 5.56 Å². The largest absolute Gasteiger partial charge is 0.276 e. The molecule has 0 atom stereocenters. The third kappa shape index (κ3) is 3.05. The number of halogens is 2. The average molecular weight is 245 g/mol. The van der Waals surface area contributed by atoms with Gasteiger partial charge < -0.3 is 0 Å². The Labute approximate surface area is 98.2 Å². The highest BCUT2D eigenvalue weighted by atomic mass is 35.5. The van der Waals surface area contributed by atoms with Crippen molar-refractivity contribution in [2.75, 3.05) is 0 Å². The summed E-state index contributed by atoms with van der Waals surface area (Å²) in [6.07, 6.45) is 0. The van der Waals surface area contributed by atoms with E-state index in [1.807, 2.05) is 13.8 Å². The van der Waals surface area contributed by atoms with Gasteiger partial charge in [-0.1, -0.05) is 13.8 Å². The molecule has 0 aromatic heterocycles. The van der Waals surface area contributed by atoms with Crippen LogP contribution in [-0.2, 0) is 0 Å². The van der Waals surface area contributed by atoms with Crippen LogP contribution in [0, 0.1) is 0 Å². The lowest BCUT2D eigenvalue weighted by Gasteiger charge is -2.08. The van der Waals surface area contributed by atoms with Crippen LogP contribution in [0.4, 0.5) is 0 Å². The number of hydrogen-bond donors (Lipinski definition) is 0. The van der Waals surface area contributed by atoms with E-state index >= 15 is 0 Å². The summed E-state index contributed by atoms with van der Waals surface area (Å²) >= 11 is 10.7. The second-order valence-electron chi connectivity index (χ2n) is 3.55. The highest BCUT2D eigenvalue weighted by Crippen LogP contribution is 2.20. The molecule has 1 aromatic rings.